The lowest BCUT2D eigenvalue weighted by Crippen LogP contribution is -2.40. The largest absolute Gasteiger partial charge is 0.346 e. The lowest BCUT2D eigenvalue weighted by molar-refractivity contribution is 0.206. The molecule has 2 atom stereocenters. The van der Waals surface area contributed by atoms with Crippen LogP contribution in [0.5, 0.6) is 0 Å². The van der Waals surface area contributed by atoms with Crippen LogP contribution >= 0.6 is 0 Å². The zero-order valence-corrected chi connectivity index (χ0v) is 18.0. The van der Waals surface area contributed by atoms with Crippen molar-refractivity contribution in [3.8, 4) is 11.3 Å². The van der Waals surface area contributed by atoms with Gasteiger partial charge in [-0.3, -0.25) is 4.68 Å². The lowest BCUT2D eigenvalue weighted by Gasteiger charge is -2.23. The summed E-state index contributed by atoms with van der Waals surface area (Å²) in [4.78, 5) is 22.2. The number of aromatic nitrogens is 4. The van der Waals surface area contributed by atoms with Crippen LogP contribution in [0.2, 0.25) is 0 Å². The summed E-state index contributed by atoms with van der Waals surface area (Å²) >= 11 is 0. The summed E-state index contributed by atoms with van der Waals surface area (Å²) < 4.78 is 2.15. The molecule has 0 saturated carbocycles. The Morgan fingerprint density at radius 2 is 2.13 bits per heavy atom. The summed E-state index contributed by atoms with van der Waals surface area (Å²) in [6.07, 6.45) is 7.16. The van der Waals surface area contributed by atoms with Gasteiger partial charge in [0.15, 0.2) is 0 Å². The molecule has 0 aromatic carbocycles. The number of hydrogen-bond acceptors (Lipinski definition) is 3. The van der Waals surface area contributed by atoms with E-state index in [1.54, 1.807) is 0 Å². The van der Waals surface area contributed by atoms with E-state index in [1.807, 2.05) is 18.0 Å². The standard InChI is InChI=1S/C23H30N6O/c1-4-15(3)18-13-26-21-17(18)10-16(12-25-21)19-11-20-23(7-9-29(20)27-19)6-8-28(14-23)22(30)24-5-2/h10-13,15H,4-9,14H2,1-3H3,(H,24,30)(H,25,26). The van der Waals surface area contributed by atoms with Crippen LogP contribution in [0, 0.1) is 0 Å². The van der Waals surface area contributed by atoms with E-state index >= 15 is 0 Å². The molecule has 7 heteroatoms. The van der Waals surface area contributed by atoms with Gasteiger partial charge in [0.05, 0.1) is 5.69 Å². The van der Waals surface area contributed by atoms with Crippen molar-refractivity contribution < 1.29 is 4.79 Å². The number of rotatable bonds is 4. The minimum atomic E-state index is 0.0316. The molecule has 2 unspecified atom stereocenters. The van der Waals surface area contributed by atoms with Crippen LogP contribution in [0.3, 0.4) is 0 Å². The maximum atomic E-state index is 12.3. The van der Waals surface area contributed by atoms with Crippen molar-refractivity contribution in [2.75, 3.05) is 19.6 Å². The second kappa shape index (κ2) is 7.15. The van der Waals surface area contributed by atoms with E-state index in [0.717, 1.165) is 55.8 Å². The number of fused-ring (bicyclic) bond motifs is 3. The number of carbonyl (C=O) groups is 1. The van der Waals surface area contributed by atoms with Gasteiger partial charge in [-0.25, -0.2) is 9.78 Å². The molecule has 1 saturated heterocycles. The van der Waals surface area contributed by atoms with Crippen molar-refractivity contribution in [2.45, 2.75) is 57.9 Å². The lowest BCUT2D eigenvalue weighted by atomic mass is 9.82. The molecule has 0 radical (unpaired) electrons. The van der Waals surface area contributed by atoms with E-state index in [4.69, 9.17) is 5.10 Å². The van der Waals surface area contributed by atoms with Crippen molar-refractivity contribution in [1.29, 1.82) is 0 Å². The van der Waals surface area contributed by atoms with Gasteiger partial charge < -0.3 is 15.2 Å². The summed E-state index contributed by atoms with van der Waals surface area (Å²) in [5.41, 5.74) is 5.59. The number of pyridine rings is 1. The van der Waals surface area contributed by atoms with Crippen LogP contribution in [0.1, 0.15) is 57.2 Å². The summed E-state index contributed by atoms with van der Waals surface area (Å²) in [7, 11) is 0. The Hall–Kier alpha value is -2.83. The molecule has 1 fully saturated rings. The zero-order valence-electron chi connectivity index (χ0n) is 18.0. The normalized spacial score (nSPS) is 21.5. The third kappa shape index (κ3) is 2.90. The number of carbonyl (C=O) groups excluding carboxylic acids is 1. The highest BCUT2D eigenvalue weighted by Crippen LogP contribution is 2.44. The van der Waals surface area contributed by atoms with Crippen molar-refractivity contribution in [2.24, 2.45) is 0 Å². The first-order valence-electron chi connectivity index (χ1n) is 11.1. The summed E-state index contributed by atoms with van der Waals surface area (Å²) in [5.74, 6) is 0.491. The Kier molecular flexibility index (Phi) is 4.56. The van der Waals surface area contributed by atoms with Gasteiger partial charge in [-0.1, -0.05) is 13.8 Å². The van der Waals surface area contributed by atoms with Crippen LogP contribution in [-0.2, 0) is 12.0 Å². The summed E-state index contributed by atoms with van der Waals surface area (Å²) in [6, 6.07) is 4.50. The van der Waals surface area contributed by atoms with E-state index in [9.17, 15) is 4.79 Å². The van der Waals surface area contributed by atoms with Crippen LogP contribution in [0.15, 0.2) is 24.5 Å². The third-order valence-corrected chi connectivity index (χ3v) is 7.10. The maximum Gasteiger partial charge on any atom is 0.317 e. The van der Waals surface area contributed by atoms with Crippen LogP contribution < -0.4 is 5.32 Å². The minimum absolute atomic E-state index is 0.0316. The quantitative estimate of drug-likeness (QED) is 0.687. The van der Waals surface area contributed by atoms with Crippen molar-refractivity contribution in [3.63, 3.8) is 0 Å². The first-order valence-corrected chi connectivity index (χ1v) is 11.1. The van der Waals surface area contributed by atoms with Gasteiger partial charge in [-0.2, -0.15) is 5.10 Å². The number of amides is 2. The highest BCUT2D eigenvalue weighted by Gasteiger charge is 2.46. The van der Waals surface area contributed by atoms with Crippen LogP contribution in [0.25, 0.3) is 22.3 Å². The summed E-state index contributed by atoms with van der Waals surface area (Å²) in [5, 5.41) is 9.04. The Morgan fingerprint density at radius 3 is 2.93 bits per heavy atom. The fourth-order valence-corrected chi connectivity index (χ4v) is 5.12. The van der Waals surface area contributed by atoms with E-state index < -0.39 is 0 Å². The highest BCUT2D eigenvalue weighted by atomic mass is 16.2. The third-order valence-electron chi connectivity index (χ3n) is 7.10. The first-order chi connectivity index (χ1) is 14.5. The molecule has 158 valence electrons. The highest BCUT2D eigenvalue weighted by molar-refractivity contribution is 5.84. The van der Waals surface area contributed by atoms with Crippen molar-refractivity contribution >= 4 is 17.1 Å². The average molecular weight is 407 g/mol. The molecule has 2 amide bonds. The molecule has 0 bridgehead atoms. The molecular formula is C23H30N6O. The van der Waals surface area contributed by atoms with Gasteiger partial charge >= 0.3 is 6.03 Å². The maximum absolute atomic E-state index is 12.3. The van der Waals surface area contributed by atoms with Gasteiger partial charge in [0.2, 0.25) is 0 Å². The van der Waals surface area contributed by atoms with E-state index in [2.05, 4.69) is 52.1 Å². The Bertz CT molecular complexity index is 1100. The predicted octanol–water partition coefficient (Wildman–Crippen LogP) is 4.02. The molecule has 0 aliphatic carbocycles. The number of likely N-dealkylation sites (tertiary alicyclic amines) is 1. The number of aromatic amines is 1. The van der Waals surface area contributed by atoms with Crippen molar-refractivity contribution in [3.05, 3.63) is 35.8 Å². The molecule has 5 rings (SSSR count). The van der Waals surface area contributed by atoms with Crippen LogP contribution in [0.4, 0.5) is 4.79 Å². The van der Waals surface area contributed by atoms with Gasteiger partial charge in [0.25, 0.3) is 0 Å². The molecule has 7 nitrogen and oxygen atoms in total. The molecule has 1 spiro atoms. The van der Waals surface area contributed by atoms with Gasteiger partial charge in [-0.15, -0.1) is 0 Å². The Morgan fingerprint density at radius 1 is 1.30 bits per heavy atom. The SMILES string of the molecule is CCNC(=O)N1CCC2(CCn3nc(-c4cnc5[nH]cc(C(C)CC)c5c4)cc32)C1. The molecular weight excluding hydrogens is 376 g/mol. The fraction of sp³-hybridized carbons (Fsp3) is 0.522. The molecule has 5 heterocycles. The Labute approximate surface area is 176 Å². The number of nitrogens with zero attached hydrogens (tertiary/aromatic N) is 4. The molecule has 2 N–H and O–H groups in total. The average Bonchev–Trinajstić information content (AvgIpc) is 3.52. The molecule has 3 aromatic rings. The zero-order chi connectivity index (χ0) is 20.9. The number of H-pyrrole nitrogens is 1. The van der Waals surface area contributed by atoms with Crippen molar-refractivity contribution in [1.82, 2.24) is 30.0 Å². The minimum Gasteiger partial charge on any atom is -0.346 e. The van der Waals surface area contributed by atoms with E-state index in [-0.39, 0.29) is 11.4 Å². The molecule has 2 aliphatic heterocycles. The number of aryl methyl sites for hydroxylation is 1. The first kappa shape index (κ1) is 19.2. The predicted molar refractivity (Wildman–Crippen MR) is 118 cm³/mol. The topological polar surface area (TPSA) is 78.8 Å². The fourth-order valence-electron chi connectivity index (χ4n) is 5.12. The molecule has 3 aromatic heterocycles. The molecule has 2 aliphatic rings. The van der Waals surface area contributed by atoms with Gasteiger partial charge in [0.1, 0.15) is 5.65 Å². The monoisotopic (exact) mass is 406 g/mol. The van der Waals surface area contributed by atoms with Crippen LogP contribution in [-0.4, -0.2) is 50.3 Å². The summed E-state index contributed by atoms with van der Waals surface area (Å²) in [6.45, 7) is 9.59. The Balaban J connectivity index is 1.47. The number of nitrogens with one attached hydrogen (secondary N) is 2. The number of urea groups is 1. The van der Waals surface area contributed by atoms with Gasteiger partial charge in [0, 0.05) is 60.6 Å². The smallest absolute Gasteiger partial charge is 0.317 e. The second-order valence-electron chi connectivity index (χ2n) is 8.85. The van der Waals surface area contributed by atoms with Gasteiger partial charge in [-0.05, 0) is 49.8 Å². The second-order valence-corrected chi connectivity index (χ2v) is 8.85. The molecule has 30 heavy (non-hydrogen) atoms. The van der Waals surface area contributed by atoms with E-state index in [1.165, 1.54) is 16.6 Å². The number of hydrogen-bond donors (Lipinski definition) is 2. The van der Waals surface area contributed by atoms with E-state index in [0.29, 0.717) is 12.5 Å².